The smallest absolute Gasteiger partial charge is 0.192 e. The van der Waals surface area contributed by atoms with Crippen molar-refractivity contribution >= 4 is 11.6 Å². The fourth-order valence-corrected chi connectivity index (χ4v) is 2.12. The predicted octanol–water partition coefficient (Wildman–Crippen LogP) is 3.34. The molecule has 0 aliphatic carbocycles. The molecule has 0 spiro atoms. The van der Waals surface area contributed by atoms with Gasteiger partial charge in [0.2, 0.25) is 0 Å². The van der Waals surface area contributed by atoms with Crippen LogP contribution in [0.4, 0.5) is 0 Å². The molecule has 7 heteroatoms. The van der Waals surface area contributed by atoms with Crippen molar-refractivity contribution in [2.75, 3.05) is 13.2 Å². The topological polar surface area (TPSA) is 76.8 Å². The van der Waals surface area contributed by atoms with E-state index in [1.807, 2.05) is 32.9 Å². The van der Waals surface area contributed by atoms with E-state index in [9.17, 15) is 5.11 Å². The molecule has 0 aliphatic rings. The van der Waals surface area contributed by atoms with Crippen LogP contribution in [0.15, 0.2) is 28.8 Å². The van der Waals surface area contributed by atoms with E-state index in [0.717, 1.165) is 0 Å². The lowest BCUT2D eigenvalue weighted by molar-refractivity contribution is 0.0974. The number of ether oxygens (including phenoxy) is 2. The Kier molecular flexibility index (Phi) is 6.70. The fraction of sp³-hybridized carbons (Fsp3) is 0.500. The molecule has 2 aromatic rings. The number of para-hydroxylation sites is 2. The number of aromatic nitrogens is 1. The number of rotatable bonds is 8. The van der Waals surface area contributed by atoms with Crippen molar-refractivity contribution in [3.63, 3.8) is 0 Å². The number of halogens is 1. The summed E-state index contributed by atoms with van der Waals surface area (Å²) in [5.74, 6) is 1.55. The van der Waals surface area contributed by atoms with Crippen LogP contribution in [-0.4, -0.2) is 35.1 Å². The van der Waals surface area contributed by atoms with Crippen molar-refractivity contribution in [2.24, 2.45) is 0 Å². The van der Waals surface area contributed by atoms with Gasteiger partial charge in [-0.05, 0) is 39.8 Å². The summed E-state index contributed by atoms with van der Waals surface area (Å²) in [4.78, 5) is 0. The van der Waals surface area contributed by atoms with E-state index >= 15 is 0 Å². The van der Waals surface area contributed by atoms with Crippen molar-refractivity contribution in [1.82, 2.24) is 10.5 Å². The van der Waals surface area contributed by atoms with E-state index in [4.69, 9.17) is 25.6 Å². The van der Waals surface area contributed by atoms with E-state index in [1.54, 1.807) is 19.1 Å². The highest BCUT2D eigenvalue weighted by molar-refractivity contribution is 6.31. The average Bonchev–Trinajstić information content (AvgIpc) is 2.88. The van der Waals surface area contributed by atoms with E-state index in [0.29, 0.717) is 34.5 Å². The van der Waals surface area contributed by atoms with Gasteiger partial charge < -0.3 is 24.4 Å². The van der Waals surface area contributed by atoms with Crippen LogP contribution in [-0.2, 0) is 6.61 Å². The zero-order chi connectivity index (χ0) is 18.4. The van der Waals surface area contributed by atoms with Gasteiger partial charge >= 0.3 is 0 Å². The second kappa shape index (κ2) is 8.56. The van der Waals surface area contributed by atoms with Gasteiger partial charge in [-0.25, -0.2) is 0 Å². The Bertz CT molecular complexity index is 682. The molecule has 0 amide bonds. The molecule has 1 heterocycles. The number of nitrogens with zero attached hydrogens (tertiary/aromatic N) is 1. The number of aryl methyl sites for hydroxylation is 1. The van der Waals surface area contributed by atoms with Gasteiger partial charge in [-0.3, -0.25) is 0 Å². The highest BCUT2D eigenvalue weighted by atomic mass is 35.5. The highest BCUT2D eigenvalue weighted by Gasteiger charge is 2.15. The summed E-state index contributed by atoms with van der Waals surface area (Å²) in [5, 5.41) is 17.5. The minimum atomic E-state index is -0.626. The zero-order valence-corrected chi connectivity index (χ0v) is 15.8. The third-order valence-electron chi connectivity index (χ3n) is 3.36. The number of hydrogen-bond donors (Lipinski definition) is 2. The van der Waals surface area contributed by atoms with E-state index in [2.05, 4.69) is 10.5 Å². The van der Waals surface area contributed by atoms with Gasteiger partial charge in [-0.1, -0.05) is 28.9 Å². The monoisotopic (exact) mass is 368 g/mol. The van der Waals surface area contributed by atoms with Gasteiger partial charge in [-0.2, -0.15) is 0 Å². The molecule has 138 valence electrons. The maximum atomic E-state index is 10.0. The molecule has 6 nitrogen and oxygen atoms in total. The van der Waals surface area contributed by atoms with Crippen LogP contribution in [0.5, 0.6) is 11.5 Å². The molecule has 0 radical (unpaired) electrons. The SMILES string of the molecule is Cc1noc(COc2ccccc2OCC(O)CNC(C)(C)C)c1Cl. The summed E-state index contributed by atoms with van der Waals surface area (Å²) in [7, 11) is 0. The van der Waals surface area contributed by atoms with E-state index in [1.165, 1.54) is 0 Å². The fourth-order valence-electron chi connectivity index (χ4n) is 2.00. The van der Waals surface area contributed by atoms with Gasteiger partial charge in [0.15, 0.2) is 23.9 Å². The van der Waals surface area contributed by atoms with Crippen molar-refractivity contribution in [1.29, 1.82) is 0 Å². The summed E-state index contributed by atoms with van der Waals surface area (Å²) in [5.41, 5.74) is 0.565. The maximum Gasteiger partial charge on any atom is 0.192 e. The first kappa shape index (κ1) is 19.6. The maximum absolute atomic E-state index is 10.0. The summed E-state index contributed by atoms with van der Waals surface area (Å²) in [6.45, 7) is 8.64. The molecular formula is C18H25ClN2O4. The number of β-amino-alcohol motifs (C(OH)–C–C–N with tert-alkyl or cyclic N) is 1. The molecule has 25 heavy (non-hydrogen) atoms. The van der Waals surface area contributed by atoms with Crippen LogP contribution in [0.1, 0.15) is 32.2 Å². The molecule has 2 rings (SSSR count). The summed E-state index contributed by atoms with van der Waals surface area (Å²) < 4.78 is 16.5. The van der Waals surface area contributed by atoms with Crippen LogP contribution in [0.2, 0.25) is 5.02 Å². The predicted molar refractivity (Wildman–Crippen MR) is 96.3 cm³/mol. The van der Waals surface area contributed by atoms with Crippen LogP contribution in [0, 0.1) is 6.92 Å². The van der Waals surface area contributed by atoms with E-state index in [-0.39, 0.29) is 18.8 Å². The van der Waals surface area contributed by atoms with Gasteiger partial charge in [0, 0.05) is 12.1 Å². The molecule has 1 unspecified atom stereocenters. The Labute approximate surface area is 153 Å². The molecular weight excluding hydrogens is 344 g/mol. The average molecular weight is 369 g/mol. The molecule has 0 bridgehead atoms. The van der Waals surface area contributed by atoms with Gasteiger partial charge in [-0.15, -0.1) is 0 Å². The largest absolute Gasteiger partial charge is 0.487 e. The third-order valence-corrected chi connectivity index (χ3v) is 3.85. The molecule has 1 aromatic heterocycles. The van der Waals surface area contributed by atoms with Crippen LogP contribution < -0.4 is 14.8 Å². The number of hydrogen-bond acceptors (Lipinski definition) is 6. The van der Waals surface area contributed by atoms with Gasteiger partial charge in [0.25, 0.3) is 0 Å². The second-order valence-electron chi connectivity index (χ2n) is 6.84. The molecule has 0 aliphatic heterocycles. The highest BCUT2D eigenvalue weighted by Crippen LogP contribution is 2.29. The normalized spacial score (nSPS) is 12.9. The Hall–Kier alpha value is -1.76. The number of aliphatic hydroxyl groups excluding tert-OH is 1. The number of benzene rings is 1. The summed E-state index contributed by atoms with van der Waals surface area (Å²) in [6.07, 6.45) is -0.626. The lowest BCUT2D eigenvalue weighted by Crippen LogP contribution is -2.42. The molecule has 0 saturated heterocycles. The van der Waals surface area contributed by atoms with Crippen molar-refractivity contribution in [3.05, 3.63) is 40.7 Å². The zero-order valence-electron chi connectivity index (χ0n) is 15.0. The van der Waals surface area contributed by atoms with Gasteiger partial charge in [0.1, 0.15) is 17.7 Å². The first-order chi connectivity index (χ1) is 11.8. The Morgan fingerprint density at radius 3 is 2.44 bits per heavy atom. The van der Waals surface area contributed by atoms with Crippen molar-refractivity contribution in [3.8, 4) is 11.5 Å². The quantitative estimate of drug-likeness (QED) is 0.744. The van der Waals surface area contributed by atoms with Gasteiger partial charge in [0.05, 0.1) is 5.69 Å². The number of aliphatic hydroxyl groups is 1. The molecule has 1 aromatic carbocycles. The summed E-state index contributed by atoms with van der Waals surface area (Å²) >= 11 is 6.08. The molecule has 0 fully saturated rings. The minimum absolute atomic E-state index is 0.0591. The van der Waals surface area contributed by atoms with Crippen LogP contribution in [0.25, 0.3) is 0 Å². The standard InChI is InChI=1S/C18H25ClN2O4/c1-12-17(19)16(25-21-12)11-24-15-8-6-5-7-14(15)23-10-13(22)9-20-18(2,3)4/h5-8,13,20,22H,9-11H2,1-4H3. The Morgan fingerprint density at radius 1 is 1.24 bits per heavy atom. The Balaban J connectivity index is 1.90. The second-order valence-corrected chi connectivity index (χ2v) is 7.21. The number of nitrogens with one attached hydrogen (secondary N) is 1. The molecule has 0 saturated carbocycles. The van der Waals surface area contributed by atoms with E-state index < -0.39 is 6.10 Å². The lowest BCUT2D eigenvalue weighted by Gasteiger charge is -2.23. The lowest BCUT2D eigenvalue weighted by atomic mass is 10.1. The first-order valence-electron chi connectivity index (χ1n) is 8.14. The Morgan fingerprint density at radius 2 is 1.88 bits per heavy atom. The first-order valence-corrected chi connectivity index (χ1v) is 8.52. The van der Waals surface area contributed by atoms with Crippen LogP contribution in [0.3, 0.4) is 0 Å². The molecule has 2 N–H and O–H groups in total. The van der Waals surface area contributed by atoms with Crippen molar-refractivity contribution in [2.45, 2.75) is 45.9 Å². The summed E-state index contributed by atoms with van der Waals surface area (Å²) in [6, 6.07) is 7.25. The van der Waals surface area contributed by atoms with Crippen LogP contribution >= 0.6 is 11.6 Å². The minimum Gasteiger partial charge on any atom is -0.487 e. The van der Waals surface area contributed by atoms with Crippen molar-refractivity contribution < 1.29 is 19.1 Å². The molecule has 1 atom stereocenters. The third kappa shape index (κ3) is 6.23.